The summed E-state index contributed by atoms with van der Waals surface area (Å²) in [4.78, 5) is 2.32. The highest BCUT2D eigenvalue weighted by molar-refractivity contribution is 9.10. The lowest BCUT2D eigenvalue weighted by atomic mass is 10.0. The summed E-state index contributed by atoms with van der Waals surface area (Å²) in [6.07, 6.45) is 1.10. The lowest BCUT2D eigenvalue weighted by Crippen LogP contribution is -2.26. The zero-order chi connectivity index (χ0) is 9.42. The van der Waals surface area contributed by atoms with E-state index in [1.54, 1.807) is 0 Å². The van der Waals surface area contributed by atoms with Gasteiger partial charge < -0.3 is 4.90 Å². The monoisotopic (exact) mass is 259 g/mol. The molecule has 13 heavy (non-hydrogen) atoms. The molecule has 0 radical (unpaired) electrons. The Bertz CT molecular complexity index is 338. The molecule has 0 amide bonds. The highest BCUT2D eigenvalue weighted by Crippen LogP contribution is 2.29. The molecule has 0 aromatic heterocycles. The molecule has 0 atom stereocenters. The maximum Gasteiger partial charge on any atom is 0.0420 e. The Hall–Kier alpha value is -0.0500. The summed E-state index contributed by atoms with van der Waals surface area (Å²) in [5.41, 5.74) is 2.77. The van der Waals surface area contributed by atoms with Crippen LogP contribution in [0.3, 0.4) is 0 Å². The number of fused-ring (bicyclic) bond motifs is 1. The minimum atomic E-state index is 0.829. The zero-order valence-corrected chi connectivity index (χ0v) is 9.82. The number of nitrogens with zero attached hydrogens (tertiary/aromatic N) is 1. The van der Waals surface area contributed by atoms with Crippen LogP contribution in [0.25, 0.3) is 0 Å². The van der Waals surface area contributed by atoms with Gasteiger partial charge in [-0.3, -0.25) is 0 Å². The molecular weight excluding hydrogens is 249 g/mol. The average molecular weight is 261 g/mol. The maximum atomic E-state index is 5.97. The molecule has 1 aliphatic heterocycles. The van der Waals surface area contributed by atoms with Gasteiger partial charge in [0.05, 0.1) is 0 Å². The van der Waals surface area contributed by atoms with E-state index in [-0.39, 0.29) is 0 Å². The van der Waals surface area contributed by atoms with Crippen LogP contribution in [-0.4, -0.2) is 18.5 Å². The summed E-state index contributed by atoms with van der Waals surface area (Å²) in [5, 5.41) is 0.829. The van der Waals surface area contributed by atoms with Gasteiger partial charge in [-0.05, 0) is 36.7 Å². The molecule has 0 spiro atoms. The second kappa shape index (κ2) is 3.60. The van der Waals surface area contributed by atoms with E-state index in [1.807, 2.05) is 6.07 Å². The van der Waals surface area contributed by atoms with Crippen molar-refractivity contribution in [2.45, 2.75) is 13.0 Å². The molecule has 1 aromatic carbocycles. The lowest BCUT2D eigenvalue weighted by Gasteiger charge is -2.26. The van der Waals surface area contributed by atoms with Gasteiger partial charge in [0.15, 0.2) is 0 Å². The molecule has 1 aromatic rings. The van der Waals surface area contributed by atoms with Gasteiger partial charge in [-0.25, -0.2) is 0 Å². The summed E-state index contributed by atoms with van der Waals surface area (Å²) < 4.78 is 1.14. The molecular formula is C10H11BrClN. The van der Waals surface area contributed by atoms with E-state index in [1.165, 1.54) is 11.1 Å². The molecule has 0 saturated carbocycles. The molecule has 0 N–H and O–H groups in total. The largest absolute Gasteiger partial charge is 0.302 e. The molecule has 0 aliphatic carbocycles. The van der Waals surface area contributed by atoms with E-state index in [4.69, 9.17) is 11.6 Å². The van der Waals surface area contributed by atoms with E-state index in [0.717, 1.165) is 29.0 Å². The van der Waals surface area contributed by atoms with Crippen molar-refractivity contribution in [1.29, 1.82) is 0 Å². The summed E-state index contributed by atoms with van der Waals surface area (Å²) >= 11 is 9.52. The Kier molecular flexibility index (Phi) is 2.63. The van der Waals surface area contributed by atoms with Gasteiger partial charge >= 0.3 is 0 Å². The summed E-state index contributed by atoms with van der Waals surface area (Å²) in [5.74, 6) is 0. The Morgan fingerprint density at radius 1 is 1.46 bits per heavy atom. The highest BCUT2D eigenvalue weighted by Gasteiger charge is 2.15. The van der Waals surface area contributed by atoms with Crippen LogP contribution < -0.4 is 0 Å². The van der Waals surface area contributed by atoms with Crippen LogP contribution in [0.4, 0.5) is 0 Å². The Balaban J connectivity index is 2.47. The molecule has 0 fully saturated rings. The smallest absolute Gasteiger partial charge is 0.0420 e. The Morgan fingerprint density at radius 3 is 3.00 bits per heavy atom. The van der Waals surface area contributed by atoms with Gasteiger partial charge in [0, 0.05) is 22.6 Å². The van der Waals surface area contributed by atoms with Crippen LogP contribution in [0.1, 0.15) is 11.1 Å². The molecule has 2 rings (SSSR count). The van der Waals surface area contributed by atoms with Crippen molar-refractivity contribution in [2.75, 3.05) is 13.6 Å². The topological polar surface area (TPSA) is 3.24 Å². The van der Waals surface area contributed by atoms with E-state index < -0.39 is 0 Å². The summed E-state index contributed by atoms with van der Waals surface area (Å²) in [6, 6.07) is 4.05. The zero-order valence-electron chi connectivity index (χ0n) is 7.48. The first kappa shape index (κ1) is 9.50. The van der Waals surface area contributed by atoms with E-state index in [9.17, 15) is 0 Å². The minimum absolute atomic E-state index is 0.829. The number of hydrogen-bond acceptors (Lipinski definition) is 1. The lowest BCUT2D eigenvalue weighted by molar-refractivity contribution is 0.312. The van der Waals surface area contributed by atoms with Crippen molar-refractivity contribution < 1.29 is 0 Å². The predicted octanol–water partition coefficient (Wildman–Crippen LogP) is 3.09. The first-order valence-electron chi connectivity index (χ1n) is 4.32. The SMILES string of the molecule is CN1CCc2cc(Cl)cc(Br)c2C1. The van der Waals surface area contributed by atoms with E-state index in [2.05, 4.69) is 33.9 Å². The first-order chi connectivity index (χ1) is 6.16. The molecule has 3 heteroatoms. The normalized spacial score (nSPS) is 17.2. The molecule has 70 valence electrons. The van der Waals surface area contributed by atoms with Crippen LogP contribution in [0.5, 0.6) is 0 Å². The predicted molar refractivity (Wildman–Crippen MR) is 59.2 cm³/mol. The fourth-order valence-electron chi connectivity index (χ4n) is 1.72. The van der Waals surface area contributed by atoms with Gasteiger partial charge in [0.2, 0.25) is 0 Å². The Labute approximate surface area is 91.8 Å². The third-order valence-corrected chi connectivity index (χ3v) is 3.37. The quantitative estimate of drug-likeness (QED) is 0.693. The van der Waals surface area contributed by atoms with E-state index >= 15 is 0 Å². The molecule has 0 unspecified atom stereocenters. The molecule has 1 aliphatic rings. The van der Waals surface area contributed by atoms with Crippen LogP contribution >= 0.6 is 27.5 Å². The van der Waals surface area contributed by atoms with Gasteiger partial charge in [-0.2, -0.15) is 0 Å². The first-order valence-corrected chi connectivity index (χ1v) is 5.49. The molecule has 1 heterocycles. The second-order valence-electron chi connectivity index (χ2n) is 3.51. The number of rotatable bonds is 0. The highest BCUT2D eigenvalue weighted by atomic mass is 79.9. The van der Waals surface area contributed by atoms with Crippen molar-refractivity contribution >= 4 is 27.5 Å². The fraction of sp³-hybridized carbons (Fsp3) is 0.400. The number of likely N-dealkylation sites (N-methyl/N-ethyl adjacent to an activating group) is 1. The third kappa shape index (κ3) is 1.90. The van der Waals surface area contributed by atoms with Crippen molar-refractivity contribution in [1.82, 2.24) is 4.90 Å². The minimum Gasteiger partial charge on any atom is -0.302 e. The fourth-order valence-corrected chi connectivity index (χ4v) is 2.72. The van der Waals surface area contributed by atoms with Crippen molar-refractivity contribution in [2.24, 2.45) is 0 Å². The van der Waals surface area contributed by atoms with Crippen LogP contribution in [0.2, 0.25) is 5.02 Å². The van der Waals surface area contributed by atoms with Crippen LogP contribution in [-0.2, 0) is 13.0 Å². The van der Waals surface area contributed by atoms with E-state index in [0.29, 0.717) is 0 Å². The van der Waals surface area contributed by atoms with Crippen LogP contribution in [0.15, 0.2) is 16.6 Å². The number of halogens is 2. The third-order valence-electron chi connectivity index (χ3n) is 2.44. The van der Waals surface area contributed by atoms with Crippen LogP contribution in [0, 0.1) is 0 Å². The van der Waals surface area contributed by atoms with Gasteiger partial charge in [0.1, 0.15) is 0 Å². The molecule has 0 saturated heterocycles. The number of benzene rings is 1. The standard InChI is InChI=1S/C10H11BrClN/c1-13-3-2-7-4-8(12)5-10(11)9(7)6-13/h4-5H,2-3,6H2,1H3. The average Bonchev–Trinajstić information content (AvgIpc) is 2.06. The van der Waals surface area contributed by atoms with Crippen molar-refractivity contribution in [3.05, 3.63) is 32.8 Å². The van der Waals surface area contributed by atoms with Gasteiger partial charge in [-0.1, -0.05) is 27.5 Å². The van der Waals surface area contributed by atoms with Crippen molar-refractivity contribution in [3.63, 3.8) is 0 Å². The second-order valence-corrected chi connectivity index (χ2v) is 4.80. The Morgan fingerprint density at radius 2 is 2.23 bits per heavy atom. The van der Waals surface area contributed by atoms with Gasteiger partial charge in [-0.15, -0.1) is 0 Å². The number of hydrogen-bond donors (Lipinski definition) is 0. The molecule has 0 bridgehead atoms. The summed E-state index contributed by atoms with van der Waals surface area (Å²) in [6.45, 7) is 2.15. The van der Waals surface area contributed by atoms with Gasteiger partial charge in [0.25, 0.3) is 0 Å². The maximum absolute atomic E-state index is 5.97. The molecule has 1 nitrogen and oxygen atoms in total. The summed E-state index contributed by atoms with van der Waals surface area (Å²) in [7, 11) is 2.14. The van der Waals surface area contributed by atoms with Crippen molar-refractivity contribution in [3.8, 4) is 0 Å².